The van der Waals surface area contributed by atoms with E-state index in [0.717, 1.165) is 42.1 Å². The molecular formula is C23H32N4O4S. The minimum absolute atomic E-state index is 0.0895. The van der Waals surface area contributed by atoms with Crippen molar-refractivity contribution in [3.8, 4) is 0 Å². The van der Waals surface area contributed by atoms with Crippen LogP contribution in [-0.2, 0) is 29.2 Å². The summed E-state index contributed by atoms with van der Waals surface area (Å²) in [7, 11) is 0. The number of β-lactam (4-membered cyclic amide) rings is 1. The lowest BCUT2D eigenvalue weighted by molar-refractivity contribution is -0.163. The number of aliphatic hydroxyl groups is 1. The Morgan fingerprint density at radius 1 is 1.28 bits per heavy atom. The molecule has 5 atom stereocenters. The Labute approximate surface area is 192 Å². The molecule has 4 rings (SSSR count). The summed E-state index contributed by atoms with van der Waals surface area (Å²) in [6.45, 7) is 7.11. The van der Waals surface area contributed by atoms with E-state index in [1.54, 1.807) is 18.7 Å². The SMILES string of the molecule is C[C@@H](O)[C@H]1C(=O)N2C(C(=O)O)=C(SC3CCN(Cc4ccc(CN)c(CN)c4)C3)[C@H](C)[C@H]12. The van der Waals surface area contributed by atoms with Crippen LogP contribution in [0, 0.1) is 11.8 Å². The van der Waals surface area contributed by atoms with Crippen LogP contribution in [0.5, 0.6) is 0 Å². The van der Waals surface area contributed by atoms with E-state index >= 15 is 0 Å². The van der Waals surface area contributed by atoms with Crippen molar-refractivity contribution in [2.45, 2.75) is 57.3 Å². The van der Waals surface area contributed by atoms with Gasteiger partial charge in [-0.05, 0) is 36.6 Å². The van der Waals surface area contributed by atoms with Crippen molar-refractivity contribution in [1.82, 2.24) is 9.80 Å². The second-order valence-corrected chi connectivity index (χ2v) is 10.4. The monoisotopic (exact) mass is 460 g/mol. The summed E-state index contributed by atoms with van der Waals surface area (Å²) >= 11 is 1.60. The summed E-state index contributed by atoms with van der Waals surface area (Å²) in [6, 6.07) is 6.01. The molecule has 1 unspecified atom stereocenters. The number of carboxylic acids is 1. The van der Waals surface area contributed by atoms with E-state index in [9.17, 15) is 19.8 Å². The Bertz CT molecular complexity index is 950. The molecule has 1 aromatic carbocycles. The molecular weight excluding hydrogens is 428 g/mol. The molecule has 1 aromatic rings. The minimum Gasteiger partial charge on any atom is -0.477 e. The van der Waals surface area contributed by atoms with E-state index in [0.29, 0.717) is 13.1 Å². The molecule has 3 aliphatic heterocycles. The van der Waals surface area contributed by atoms with Crippen LogP contribution in [0.3, 0.4) is 0 Å². The van der Waals surface area contributed by atoms with Crippen LogP contribution in [0.1, 0.15) is 37.0 Å². The number of rotatable bonds is 8. The van der Waals surface area contributed by atoms with Crippen LogP contribution in [0.4, 0.5) is 0 Å². The molecule has 3 heterocycles. The van der Waals surface area contributed by atoms with E-state index in [1.807, 2.05) is 13.0 Å². The molecule has 9 heteroatoms. The van der Waals surface area contributed by atoms with Crippen molar-refractivity contribution in [2.24, 2.45) is 23.3 Å². The number of carbonyl (C=O) groups excluding carboxylic acids is 1. The third kappa shape index (κ3) is 3.97. The Morgan fingerprint density at radius 3 is 2.62 bits per heavy atom. The number of thioether (sulfide) groups is 1. The van der Waals surface area contributed by atoms with Crippen molar-refractivity contribution in [2.75, 3.05) is 13.1 Å². The molecule has 6 N–H and O–H groups in total. The van der Waals surface area contributed by atoms with Gasteiger partial charge in [-0.15, -0.1) is 11.8 Å². The number of nitrogens with zero attached hydrogens (tertiary/aromatic N) is 2. The number of hydrogen-bond donors (Lipinski definition) is 4. The maximum absolute atomic E-state index is 12.5. The van der Waals surface area contributed by atoms with Gasteiger partial charge in [0.05, 0.1) is 18.1 Å². The number of carboxylic acid groups (broad SMARTS) is 1. The highest BCUT2D eigenvalue weighted by atomic mass is 32.2. The quantitative estimate of drug-likeness (QED) is 0.423. The van der Waals surface area contributed by atoms with Crippen molar-refractivity contribution in [3.63, 3.8) is 0 Å². The first-order chi connectivity index (χ1) is 15.3. The number of aliphatic carboxylic acids is 1. The number of nitrogens with two attached hydrogens (primary N) is 2. The molecule has 3 aliphatic rings. The summed E-state index contributed by atoms with van der Waals surface area (Å²) in [4.78, 5) is 29.1. The molecule has 0 saturated carbocycles. The summed E-state index contributed by atoms with van der Waals surface area (Å²) < 4.78 is 0. The predicted octanol–water partition coefficient (Wildman–Crippen LogP) is 1.07. The second kappa shape index (κ2) is 9.15. The Balaban J connectivity index is 1.44. The highest BCUT2D eigenvalue weighted by molar-refractivity contribution is 8.03. The summed E-state index contributed by atoms with van der Waals surface area (Å²) in [5, 5.41) is 20.1. The molecule has 174 valence electrons. The van der Waals surface area contributed by atoms with E-state index in [2.05, 4.69) is 17.0 Å². The largest absolute Gasteiger partial charge is 0.477 e. The van der Waals surface area contributed by atoms with Crippen molar-refractivity contribution >= 4 is 23.6 Å². The van der Waals surface area contributed by atoms with Gasteiger partial charge < -0.3 is 26.6 Å². The predicted molar refractivity (Wildman–Crippen MR) is 123 cm³/mol. The lowest BCUT2D eigenvalue weighted by Gasteiger charge is -2.46. The molecule has 2 saturated heterocycles. The summed E-state index contributed by atoms with van der Waals surface area (Å²) in [5.41, 5.74) is 15.1. The zero-order chi connectivity index (χ0) is 23.2. The van der Waals surface area contributed by atoms with Gasteiger partial charge in [-0.2, -0.15) is 0 Å². The first-order valence-corrected chi connectivity index (χ1v) is 12.0. The number of hydrogen-bond acceptors (Lipinski definition) is 7. The van der Waals surface area contributed by atoms with Crippen LogP contribution in [0.25, 0.3) is 0 Å². The van der Waals surface area contributed by atoms with Crippen LogP contribution in [0.2, 0.25) is 0 Å². The molecule has 0 aliphatic carbocycles. The van der Waals surface area contributed by atoms with Gasteiger partial charge in [0.25, 0.3) is 0 Å². The minimum atomic E-state index is -1.07. The van der Waals surface area contributed by atoms with Gasteiger partial charge in [-0.3, -0.25) is 9.69 Å². The third-order valence-corrected chi connectivity index (χ3v) is 8.49. The van der Waals surface area contributed by atoms with Crippen LogP contribution >= 0.6 is 11.8 Å². The fourth-order valence-corrected chi connectivity index (χ4v) is 6.84. The highest BCUT2D eigenvalue weighted by Crippen LogP contribution is 2.51. The van der Waals surface area contributed by atoms with Gasteiger partial charge in [-0.25, -0.2) is 4.79 Å². The molecule has 1 amide bonds. The van der Waals surface area contributed by atoms with Gasteiger partial charge in [0.15, 0.2) is 0 Å². The van der Waals surface area contributed by atoms with Gasteiger partial charge in [0.1, 0.15) is 5.70 Å². The average Bonchev–Trinajstić information content (AvgIpc) is 3.28. The van der Waals surface area contributed by atoms with Crippen molar-refractivity contribution < 1.29 is 19.8 Å². The third-order valence-electron chi connectivity index (χ3n) is 6.95. The number of likely N-dealkylation sites (tertiary alicyclic amines) is 1. The molecule has 2 fully saturated rings. The maximum atomic E-state index is 12.5. The van der Waals surface area contributed by atoms with Crippen LogP contribution < -0.4 is 11.5 Å². The Kier molecular flexibility index (Phi) is 6.65. The molecule has 0 bridgehead atoms. The fourth-order valence-electron chi connectivity index (χ4n) is 5.32. The molecule has 0 aromatic heterocycles. The van der Waals surface area contributed by atoms with E-state index in [4.69, 9.17) is 11.5 Å². The van der Waals surface area contributed by atoms with E-state index < -0.39 is 18.0 Å². The fraction of sp³-hybridized carbons (Fsp3) is 0.565. The van der Waals surface area contributed by atoms with Gasteiger partial charge in [-0.1, -0.05) is 25.1 Å². The number of aliphatic hydroxyl groups excluding tert-OH is 1. The first kappa shape index (κ1) is 23.3. The number of carbonyl (C=O) groups is 2. The smallest absolute Gasteiger partial charge is 0.353 e. The lowest BCUT2D eigenvalue weighted by atomic mass is 9.79. The van der Waals surface area contributed by atoms with Gasteiger partial charge in [0.2, 0.25) is 5.91 Å². The zero-order valence-electron chi connectivity index (χ0n) is 18.5. The van der Waals surface area contributed by atoms with Crippen molar-refractivity contribution in [3.05, 3.63) is 45.5 Å². The van der Waals surface area contributed by atoms with Gasteiger partial charge >= 0.3 is 5.97 Å². The number of fused-ring (bicyclic) bond motifs is 1. The van der Waals surface area contributed by atoms with E-state index in [-0.39, 0.29) is 28.8 Å². The molecule has 32 heavy (non-hydrogen) atoms. The normalized spacial score (nSPS) is 28.8. The molecule has 0 spiro atoms. The number of amides is 1. The molecule has 0 radical (unpaired) electrons. The number of benzene rings is 1. The molecule has 8 nitrogen and oxygen atoms in total. The second-order valence-electron chi connectivity index (χ2n) is 9.05. The van der Waals surface area contributed by atoms with Gasteiger partial charge in [0, 0.05) is 42.3 Å². The Morgan fingerprint density at radius 2 is 2.00 bits per heavy atom. The first-order valence-electron chi connectivity index (χ1n) is 11.1. The summed E-state index contributed by atoms with van der Waals surface area (Å²) in [6.07, 6.45) is 0.174. The highest BCUT2D eigenvalue weighted by Gasteiger charge is 2.60. The average molecular weight is 461 g/mol. The lowest BCUT2D eigenvalue weighted by Crippen LogP contribution is -2.63. The topological polar surface area (TPSA) is 133 Å². The maximum Gasteiger partial charge on any atom is 0.353 e. The standard InChI is InChI=1S/C23H32N4O4S/c1-12-19-18(13(2)28)22(29)27(19)20(23(30)31)21(12)32-17-5-6-26(11-17)10-14-3-4-15(8-24)16(7-14)9-25/h3-4,7,12-13,17-19,28H,5-6,8-11,24-25H2,1-2H3,(H,30,31)/t12-,13-,17?,18-,19-/m1/s1. The van der Waals surface area contributed by atoms with Crippen LogP contribution in [-0.4, -0.2) is 62.4 Å². The zero-order valence-corrected chi connectivity index (χ0v) is 19.3. The summed E-state index contributed by atoms with van der Waals surface area (Å²) in [5.74, 6) is -1.96. The van der Waals surface area contributed by atoms with Crippen LogP contribution in [0.15, 0.2) is 28.8 Å². The van der Waals surface area contributed by atoms with E-state index in [1.165, 1.54) is 10.5 Å². The Hall–Kier alpha value is -1.91. The van der Waals surface area contributed by atoms with Crippen molar-refractivity contribution in [1.29, 1.82) is 0 Å².